The van der Waals surface area contributed by atoms with Gasteiger partial charge in [-0.3, -0.25) is 0 Å². The summed E-state index contributed by atoms with van der Waals surface area (Å²) < 4.78 is 0. The van der Waals surface area contributed by atoms with Crippen LogP contribution in [-0.4, -0.2) is 0 Å². The molecule has 0 saturated heterocycles. The van der Waals surface area contributed by atoms with Gasteiger partial charge in [0.2, 0.25) is 0 Å². The molecule has 96 valence electrons. The molecule has 0 bridgehead atoms. The summed E-state index contributed by atoms with van der Waals surface area (Å²) in [4.78, 5) is 0. The molecule has 0 radical (unpaired) electrons. The molecule has 0 saturated carbocycles. The second kappa shape index (κ2) is 5.95. The van der Waals surface area contributed by atoms with E-state index in [0.29, 0.717) is 17.8 Å². The van der Waals surface area contributed by atoms with Crippen LogP contribution in [0.2, 0.25) is 0 Å². The molecule has 2 atom stereocenters. The number of hydrogen-bond acceptors (Lipinski definition) is 2. The fourth-order valence-electron chi connectivity index (χ4n) is 2.62. The molecule has 2 unspecified atom stereocenters. The van der Waals surface area contributed by atoms with Crippen molar-refractivity contribution in [2.24, 2.45) is 11.8 Å². The smallest absolute Gasteiger partial charge is 0.0370 e. The van der Waals surface area contributed by atoms with Crippen LogP contribution in [0.3, 0.4) is 0 Å². The largest absolute Gasteiger partial charge is 0.398 e. The van der Waals surface area contributed by atoms with Gasteiger partial charge < -0.3 is 11.5 Å². The van der Waals surface area contributed by atoms with E-state index in [0.717, 1.165) is 29.8 Å². The van der Waals surface area contributed by atoms with Gasteiger partial charge >= 0.3 is 0 Å². The summed E-state index contributed by atoms with van der Waals surface area (Å²) in [7, 11) is 0. The Kier molecular flexibility index (Phi) is 4.86. The first kappa shape index (κ1) is 13.9. The number of benzene rings is 1. The summed E-state index contributed by atoms with van der Waals surface area (Å²) in [5, 5.41) is 0. The van der Waals surface area contributed by atoms with E-state index in [-0.39, 0.29) is 0 Å². The fourth-order valence-corrected chi connectivity index (χ4v) is 2.62. The maximum Gasteiger partial charge on any atom is 0.0370 e. The summed E-state index contributed by atoms with van der Waals surface area (Å²) in [6, 6.07) is 5.85. The highest BCUT2D eigenvalue weighted by Crippen LogP contribution is 2.41. The molecule has 0 aromatic heterocycles. The first-order chi connectivity index (χ1) is 8.02. The molecular formula is C15H26N2. The summed E-state index contributed by atoms with van der Waals surface area (Å²) in [5.74, 6) is 1.68. The molecule has 0 spiro atoms. The van der Waals surface area contributed by atoms with Crippen molar-refractivity contribution in [1.29, 1.82) is 0 Å². The normalized spacial score (nSPS) is 16.5. The summed E-state index contributed by atoms with van der Waals surface area (Å²) in [6.07, 6.45) is 2.31. The van der Waals surface area contributed by atoms with Crippen LogP contribution in [-0.2, 0) is 0 Å². The molecule has 0 fully saturated rings. The molecule has 0 aliphatic rings. The van der Waals surface area contributed by atoms with Crippen molar-refractivity contribution >= 4 is 11.4 Å². The molecule has 0 aliphatic carbocycles. The van der Waals surface area contributed by atoms with Gasteiger partial charge in [0.05, 0.1) is 0 Å². The second-order valence-electron chi connectivity index (χ2n) is 5.15. The third kappa shape index (κ3) is 2.93. The highest BCUT2D eigenvalue weighted by Gasteiger charge is 2.26. The standard InChI is InChI=1S/C15H26N2/c1-5-10(3)14(11(4)6-2)15-12(16)8-7-9-13(15)17/h7-11,14H,5-6,16-17H2,1-4H3. The van der Waals surface area contributed by atoms with E-state index >= 15 is 0 Å². The SMILES string of the molecule is CCC(C)C(c1c(N)cccc1N)C(C)CC. The van der Waals surface area contributed by atoms with E-state index < -0.39 is 0 Å². The lowest BCUT2D eigenvalue weighted by Crippen LogP contribution is -2.20. The zero-order valence-electron chi connectivity index (χ0n) is 11.5. The van der Waals surface area contributed by atoms with Crippen LogP contribution in [0.15, 0.2) is 18.2 Å². The molecule has 0 amide bonds. The van der Waals surface area contributed by atoms with Gasteiger partial charge in [-0.05, 0) is 29.9 Å². The monoisotopic (exact) mass is 234 g/mol. The van der Waals surface area contributed by atoms with Crippen molar-refractivity contribution in [3.63, 3.8) is 0 Å². The Balaban J connectivity index is 3.21. The van der Waals surface area contributed by atoms with Crippen LogP contribution >= 0.6 is 0 Å². The van der Waals surface area contributed by atoms with Gasteiger partial charge in [-0.2, -0.15) is 0 Å². The average Bonchev–Trinajstić information content (AvgIpc) is 2.32. The minimum Gasteiger partial charge on any atom is -0.398 e. The first-order valence-electron chi connectivity index (χ1n) is 6.66. The van der Waals surface area contributed by atoms with Crippen molar-refractivity contribution in [3.05, 3.63) is 23.8 Å². The van der Waals surface area contributed by atoms with Crippen LogP contribution in [0.25, 0.3) is 0 Å². The number of hydrogen-bond donors (Lipinski definition) is 2. The van der Waals surface area contributed by atoms with E-state index in [1.54, 1.807) is 0 Å². The highest BCUT2D eigenvalue weighted by molar-refractivity contribution is 5.63. The first-order valence-corrected chi connectivity index (χ1v) is 6.66. The highest BCUT2D eigenvalue weighted by atomic mass is 14.6. The number of nitrogens with two attached hydrogens (primary N) is 2. The molecule has 0 heterocycles. The van der Waals surface area contributed by atoms with E-state index in [9.17, 15) is 0 Å². The Morgan fingerprint density at radius 1 is 0.941 bits per heavy atom. The molecule has 4 N–H and O–H groups in total. The maximum atomic E-state index is 6.13. The van der Waals surface area contributed by atoms with Crippen molar-refractivity contribution in [2.45, 2.75) is 46.5 Å². The van der Waals surface area contributed by atoms with Crippen molar-refractivity contribution in [3.8, 4) is 0 Å². The van der Waals surface area contributed by atoms with Crippen molar-refractivity contribution < 1.29 is 0 Å². The van der Waals surface area contributed by atoms with E-state index in [1.807, 2.05) is 18.2 Å². The van der Waals surface area contributed by atoms with Gasteiger partial charge in [0, 0.05) is 16.9 Å². The third-order valence-corrected chi connectivity index (χ3v) is 4.02. The van der Waals surface area contributed by atoms with E-state index in [2.05, 4.69) is 27.7 Å². The topological polar surface area (TPSA) is 52.0 Å². The van der Waals surface area contributed by atoms with Gasteiger partial charge in [0.15, 0.2) is 0 Å². The number of anilines is 2. The van der Waals surface area contributed by atoms with Gasteiger partial charge in [-0.1, -0.05) is 46.6 Å². The number of nitrogen functional groups attached to an aromatic ring is 2. The summed E-state index contributed by atoms with van der Waals surface area (Å²) in [5.41, 5.74) is 15.1. The minimum atomic E-state index is 0.464. The minimum absolute atomic E-state index is 0.464. The van der Waals surface area contributed by atoms with Crippen LogP contribution in [0, 0.1) is 11.8 Å². The van der Waals surface area contributed by atoms with Crippen molar-refractivity contribution in [1.82, 2.24) is 0 Å². The summed E-state index contributed by atoms with van der Waals surface area (Å²) >= 11 is 0. The predicted octanol–water partition coefficient (Wildman–Crippen LogP) is 4.03. The van der Waals surface area contributed by atoms with Crippen LogP contribution in [0.1, 0.15) is 52.0 Å². The lowest BCUT2D eigenvalue weighted by Gasteiger charge is -2.31. The Hall–Kier alpha value is -1.18. The zero-order valence-corrected chi connectivity index (χ0v) is 11.5. The Morgan fingerprint density at radius 3 is 1.71 bits per heavy atom. The van der Waals surface area contributed by atoms with Gasteiger partial charge in [0.25, 0.3) is 0 Å². The van der Waals surface area contributed by atoms with E-state index in [4.69, 9.17) is 11.5 Å². The molecule has 2 nitrogen and oxygen atoms in total. The maximum absolute atomic E-state index is 6.13. The molecule has 1 aromatic rings. The lowest BCUT2D eigenvalue weighted by atomic mass is 9.75. The van der Waals surface area contributed by atoms with Crippen LogP contribution in [0.4, 0.5) is 11.4 Å². The average molecular weight is 234 g/mol. The molecule has 1 aromatic carbocycles. The van der Waals surface area contributed by atoms with Gasteiger partial charge in [-0.15, -0.1) is 0 Å². The van der Waals surface area contributed by atoms with Crippen molar-refractivity contribution in [2.75, 3.05) is 11.5 Å². The third-order valence-electron chi connectivity index (χ3n) is 4.02. The Bertz CT molecular complexity index is 330. The summed E-state index contributed by atoms with van der Waals surface area (Å²) in [6.45, 7) is 9.05. The quantitative estimate of drug-likeness (QED) is 0.756. The van der Waals surface area contributed by atoms with Gasteiger partial charge in [-0.25, -0.2) is 0 Å². The predicted molar refractivity (Wildman–Crippen MR) is 76.9 cm³/mol. The van der Waals surface area contributed by atoms with E-state index in [1.165, 1.54) is 0 Å². The van der Waals surface area contributed by atoms with Crippen LogP contribution < -0.4 is 11.5 Å². The fraction of sp³-hybridized carbons (Fsp3) is 0.600. The van der Waals surface area contributed by atoms with Gasteiger partial charge in [0.1, 0.15) is 0 Å². The Labute approximate surface area is 105 Å². The van der Waals surface area contributed by atoms with Crippen LogP contribution in [0.5, 0.6) is 0 Å². The molecular weight excluding hydrogens is 208 g/mol. The Morgan fingerprint density at radius 2 is 1.35 bits per heavy atom. The molecule has 0 aliphatic heterocycles. The lowest BCUT2D eigenvalue weighted by molar-refractivity contribution is 0.331. The zero-order chi connectivity index (χ0) is 13.0. The molecule has 1 rings (SSSR count). The molecule has 17 heavy (non-hydrogen) atoms. The molecule has 2 heteroatoms. The second-order valence-corrected chi connectivity index (χ2v) is 5.15. The number of rotatable bonds is 5.